The number of pyridine rings is 1. The number of aryl methyl sites for hydroxylation is 1. The van der Waals surface area contributed by atoms with E-state index in [0.717, 1.165) is 15.5 Å². The smallest absolute Gasteiger partial charge is 0.0629 e. The molecule has 5 heteroatoms. The predicted octanol–water partition coefficient (Wildman–Crippen LogP) is 1.42. The third-order valence-corrected chi connectivity index (χ3v) is 2.85. The van der Waals surface area contributed by atoms with Gasteiger partial charge in [-0.25, -0.2) is 0 Å². The molecule has 78 valence electrons. The van der Waals surface area contributed by atoms with Crippen molar-refractivity contribution in [3.05, 3.63) is 36.4 Å². The van der Waals surface area contributed by atoms with Crippen LogP contribution in [0.5, 0.6) is 0 Å². The van der Waals surface area contributed by atoms with E-state index in [1.165, 1.54) is 0 Å². The topological polar surface area (TPSA) is 56.7 Å². The summed E-state index contributed by atoms with van der Waals surface area (Å²) in [5.74, 6) is 0. The van der Waals surface area contributed by atoms with Gasteiger partial charge in [0.05, 0.1) is 16.8 Å². The second kappa shape index (κ2) is 4.46. The summed E-state index contributed by atoms with van der Waals surface area (Å²) in [7, 11) is 1.90. The lowest BCUT2D eigenvalue weighted by Crippen LogP contribution is -1.98. The Morgan fingerprint density at radius 1 is 1.33 bits per heavy atom. The minimum atomic E-state index is 0.484. The van der Waals surface area contributed by atoms with Crippen molar-refractivity contribution >= 4 is 11.8 Å². The Bertz CT molecular complexity index is 435. The Kier molecular flexibility index (Phi) is 3.03. The number of rotatable bonds is 3. The summed E-state index contributed by atoms with van der Waals surface area (Å²) in [6.07, 6.45) is 5.64. The monoisotopic (exact) mass is 220 g/mol. The maximum Gasteiger partial charge on any atom is 0.0629 e. The van der Waals surface area contributed by atoms with Crippen molar-refractivity contribution in [2.75, 3.05) is 0 Å². The summed E-state index contributed by atoms with van der Waals surface area (Å²) in [6.45, 7) is 0.484. The van der Waals surface area contributed by atoms with Gasteiger partial charge in [-0.15, -0.1) is 0 Å². The van der Waals surface area contributed by atoms with Gasteiger partial charge in [-0.05, 0) is 12.1 Å². The van der Waals surface area contributed by atoms with Gasteiger partial charge >= 0.3 is 0 Å². The van der Waals surface area contributed by atoms with Crippen LogP contribution < -0.4 is 5.73 Å². The number of aromatic nitrogens is 3. The van der Waals surface area contributed by atoms with Crippen LogP contribution in [0.25, 0.3) is 0 Å². The molecule has 4 nitrogen and oxygen atoms in total. The van der Waals surface area contributed by atoms with Crippen LogP contribution in [0.1, 0.15) is 5.69 Å². The van der Waals surface area contributed by atoms with Crippen LogP contribution in [0, 0.1) is 0 Å². The molecule has 0 amide bonds. The molecule has 0 atom stereocenters. The Labute approximate surface area is 92.5 Å². The summed E-state index contributed by atoms with van der Waals surface area (Å²) >= 11 is 1.64. The van der Waals surface area contributed by atoms with Crippen molar-refractivity contribution in [2.45, 2.75) is 16.3 Å². The molecule has 2 N–H and O–H groups in total. The lowest BCUT2D eigenvalue weighted by Gasteiger charge is -1.99. The average molecular weight is 220 g/mol. The Morgan fingerprint density at radius 3 is 2.73 bits per heavy atom. The minimum Gasteiger partial charge on any atom is -0.325 e. The van der Waals surface area contributed by atoms with E-state index in [9.17, 15) is 0 Å². The lowest BCUT2D eigenvalue weighted by atomic mass is 10.4. The predicted molar refractivity (Wildman–Crippen MR) is 59.5 cm³/mol. The molecule has 0 unspecified atom stereocenters. The van der Waals surface area contributed by atoms with Gasteiger partial charge in [0.2, 0.25) is 0 Å². The highest BCUT2D eigenvalue weighted by Crippen LogP contribution is 2.26. The Hall–Kier alpha value is -1.33. The fourth-order valence-corrected chi connectivity index (χ4v) is 2.00. The van der Waals surface area contributed by atoms with Crippen molar-refractivity contribution in [1.29, 1.82) is 0 Å². The first-order valence-corrected chi connectivity index (χ1v) is 5.41. The van der Waals surface area contributed by atoms with Crippen molar-refractivity contribution < 1.29 is 0 Å². The highest BCUT2D eigenvalue weighted by molar-refractivity contribution is 7.99. The average Bonchev–Trinajstić information content (AvgIpc) is 2.65. The van der Waals surface area contributed by atoms with Gasteiger partial charge in [-0.3, -0.25) is 9.67 Å². The molecule has 0 radical (unpaired) electrons. The molecule has 0 spiro atoms. The number of hydrogen-bond donors (Lipinski definition) is 1. The highest BCUT2D eigenvalue weighted by atomic mass is 32.2. The van der Waals surface area contributed by atoms with Crippen LogP contribution in [0.4, 0.5) is 0 Å². The first-order valence-electron chi connectivity index (χ1n) is 4.59. The third-order valence-electron chi connectivity index (χ3n) is 1.92. The van der Waals surface area contributed by atoms with Gasteiger partial charge in [0.1, 0.15) is 0 Å². The van der Waals surface area contributed by atoms with Gasteiger partial charge in [0.15, 0.2) is 0 Å². The van der Waals surface area contributed by atoms with Crippen LogP contribution in [0.3, 0.4) is 0 Å². The van der Waals surface area contributed by atoms with Crippen LogP contribution in [0.15, 0.2) is 40.5 Å². The molecule has 0 aliphatic rings. The van der Waals surface area contributed by atoms with E-state index >= 15 is 0 Å². The summed E-state index contributed by atoms with van der Waals surface area (Å²) in [4.78, 5) is 6.44. The van der Waals surface area contributed by atoms with E-state index in [-0.39, 0.29) is 0 Å². The molecule has 0 aliphatic heterocycles. The van der Waals surface area contributed by atoms with E-state index in [4.69, 9.17) is 5.73 Å². The Morgan fingerprint density at radius 2 is 2.20 bits per heavy atom. The van der Waals surface area contributed by atoms with Gasteiger partial charge < -0.3 is 5.73 Å². The molecule has 0 saturated carbocycles. The zero-order valence-corrected chi connectivity index (χ0v) is 9.24. The normalized spacial score (nSPS) is 10.5. The minimum absolute atomic E-state index is 0.484. The fourth-order valence-electron chi connectivity index (χ4n) is 1.18. The van der Waals surface area contributed by atoms with Crippen LogP contribution >= 0.6 is 11.8 Å². The molecule has 0 bridgehead atoms. The maximum absolute atomic E-state index is 5.47. The molecule has 0 aromatic carbocycles. The number of nitrogens with zero attached hydrogens (tertiary/aromatic N) is 3. The molecular formula is C10H12N4S. The summed E-state index contributed by atoms with van der Waals surface area (Å²) in [6, 6.07) is 3.96. The fraction of sp³-hybridized carbons (Fsp3) is 0.200. The summed E-state index contributed by atoms with van der Waals surface area (Å²) in [5.41, 5.74) is 6.38. The van der Waals surface area contributed by atoms with Crippen molar-refractivity contribution in [2.24, 2.45) is 12.8 Å². The highest BCUT2D eigenvalue weighted by Gasteiger charge is 2.00. The first-order chi connectivity index (χ1) is 7.28. The second-order valence-corrected chi connectivity index (χ2v) is 4.29. The molecule has 0 saturated heterocycles. The van der Waals surface area contributed by atoms with E-state index in [2.05, 4.69) is 10.1 Å². The SMILES string of the molecule is Cn1cc(Sc2ccc(CN)nc2)cn1. The first kappa shape index (κ1) is 10.2. The van der Waals surface area contributed by atoms with Crippen molar-refractivity contribution in [1.82, 2.24) is 14.8 Å². The summed E-state index contributed by atoms with van der Waals surface area (Å²) in [5, 5.41) is 4.10. The van der Waals surface area contributed by atoms with E-state index < -0.39 is 0 Å². The van der Waals surface area contributed by atoms with E-state index in [1.807, 2.05) is 37.8 Å². The zero-order chi connectivity index (χ0) is 10.7. The Balaban J connectivity index is 2.11. The zero-order valence-electron chi connectivity index (χ0n) is 8.42. The third kappa shape index (κ3) is 2.57. The molecule has 2 heterocycles. The molecule has 0 fully saturated rings. The lowest BCUT2D eigenvalue weighted by molar-refractivity contribution is 0.766. The molecular weight excluding hydrogens is 208 g/mol. The van der Waals surface area contributed by atoms with Crippen LogP contribution in [-0.2, 0) is 13.6 Å². The molecule has 2 rings (SSSR count). The van der Waals surface area contributed by atoms with Gasteiger partial charge in [-0.1, -0.05) is 11.8 Å². The van der Waals surface area contributed by atoms with Gasteiger partial charge in [0.25, 0.3) is 0 Å². The molecule has 15 heavy (non-hydrogen) atoms. The largest absolute Gasteiger partial charge is 0.325 e. The van der Waals surface area contributed by atoms with Gasteiger partial charge in [-0.2, -0.15) is 5.10 Å². The van der Waals surface area contributed by atoms with Crippen molar-refractivity contribution in [3.8, 4) is 0 Å². The number of hydrogen-bond acceptors (Lipinski definition) is 4. The van der Waals surface area contributed by atoms with Crippen molar-refractivity contribution in [3.63, 3.8) is 0 Å². The van der Waals surface area contributed by atoms with E-state index in [1.54, 1.807) is 16.4 Å². The van der Waals surface area contributed by atoms with Gasteiger partial charge in [0, 0.05) is 30.9 Å². The maximum atomic E-state index is 5.47. The van der Waals surface area contributed by atoms with Crippen LogP contribution in [0.2, 0.25) is 0 Å². The second-order valence-electron chi connectivity index (χ2n) is 3.14. The molecule has 2 aromatic heterocycles. The molecule has 0 aliphatic carbocycles. The molecule has 2 aromatic rings. The number of nitrogens with two attached hydrogens (primary N) is 1. The van der Waals surface area contributed by atoms with E-state index in [0.29, 0.717) is 6.54 Å². The summed E-state index contributed by atoms with van der Waals surface area (Å²) < 4.78 is 1.78. The quantitative estimate of drug-likeness (QED) is 0.850. The van der Waals surface area contributed by atoms with Crippen LogP contribution in [-0.4, -0.2) is 14.8 Å². The standard InChI is InChI=1S/C10H12N4S/c1-14-7-10(6-13-14)15-9-3-2-8(4-11)12-5-9/h2-3,5-7H,4,11H2,1H3.